The summed E-state index contributed by atoms with van der Waals surface area (Å²) in [6.45, 7) is 1.64. The fourth-order valence-electron chi connectivity index (χ4n) is 0.912. The second kappa shape index (κ2) is 5.72. The van der Waals surface area contributed by atoms with Crippen LogP contribution in [0.5, 0.6) is 0 Å². The average molecular weight is 274 g/mol. The molecule has 5 heteroatoms. The number of nitrogens with one attached hydrogen (secondary N) is 1. The zero-order valence-corrected chi connectivity index (χ0v) is 9.82. The minimum absolute atomic E-state index is 0.0775. The van der Waals surface area contributed by atoms with Gasteiger partial charge in [0.2, 0.25) is 5.91 Å². The van der Waals surface area contributed by atoms with Crippen LogP contribution in [0.4, 0.5) is 0 Å². The summed E-state index contributed by atoms with van der Waals surface area (Å²) in [6.07, 6.45) is 2.92. The summed E-state index contributed by atoms with van der Waals surface area (Å²) in [4.78, 5) is 11.2. The maximum atomic E-state index is 11.2. The molecule has 0 aliphatic carbocycles. The summed E-state index contributed by atoms with van der Waals surface area (Å²) in [7, 11) is 0. The summed E-state index contributed by atoms with van der Waals surface area (Å²) in [5.74, 6) is 0.331. The lowest BCUT2D eigenvalue weighted by molar-refractivity contribution is -0.117. The van der Waals surface area contributed by atoms with Gasteiger partial charge in [-0.1, -0.05) is 0 Å². The standard InChI is InChI=1S/C10H12BrNO3/c1-7(6-13)12-10(14)5-3-8-2-4-9(11)15-8/h2-5,7,13H,6H2,1H3,(H,12,14)/t7-/m1/s1. The van der Waals surface area contributed by atoms with E-state index >= 15 is 0 Å². The second-order valence-electron chi connectivity index (χ2n) is 3.07. The Morgan fingerprint density at radius 3 is 3.00 bits per heavy atom. The molecule has 0 spiro atoms. The highest BCUT2D eigenvalue weighted by atomic mass is 79.9. The third kappa shape index (κ3) is 4.31. The van der Waals surface area contributed by atoms with Crippen LogP contribution in [-0.2, 0) is 4.79 Å². The summed E-state index contributed by atoms with van der Waals surface area (Å²) < 4.78 is 5.78. The van der Waals surface area contributed by atoms with Crippen LogP contribution in [-0.4, -0.2) is 23.7 Å². The lowest BCUT2D eigenvalue weighted by Crippen LogP contribution is -2.33. The quantitative estimate of drug-likeness (QED) is 0.819. The molecule has 2 N–H and O–H groups in total. The molecule has 0 saturated heterocycles. The molecule has 0 radical (unpaired) electrons. The molecule has 82 valence electrons. The highest BCUT2D eigenvalue weighted by molar-refractivity contribution is 9.10. The van der Waals surface area contributed by atoms with Gasteiger partial charge in [-0.05, 0) is 41.1 Å². The van der Waals surface area contributed by atoms with E-state index in [1.54, 1.807) is 25.1 Å². The van der Waals surface area contributed by atoms with Gasteiger partial charge in [-0.3, -0.25) is 4.79 Å². The normalized spacial score (nSPS) is 13.0. The largest absolute Gasteiger partial charge is 0.450 e. The van der Waals surface area contributed by atoms with Crippen LogP contribution in [0.25, 0.3) is 6.08 Å². The van der Waals surface area contributed by atoms with Crippen LogP contribution >= 0.6 is 15.9 Å². The number of hydrogen-bond acceptors (Lipinski definition) is 3. The monoisotopic (exact) mass is 273 g/mol. The van der Waals surface area contributed by atoms with Crippen molar-refractivity contribution in [1.29, 1.82) is 0 Å². The number of halogens is 1. The van der Waals surface area contributed by atoms with Crippen molar-refractivity contribution in [3.05, 3.63) is 28.6 Å². The minimum Gasteiger partial charge on any atom is -0.450 e. The smallest absolute Gasteiger partial charge is 0.244 e. The zero-order valence-electron chi connectivity index (χ0n) is 8.24. The van der Waals surface area contributed by atoms with E-state index in [1.165, 1.54) is 6.08 Å². The molecule has 1 amide bonds. The Hall–Kier alpha value is -1.07. The highest BCUT2D eigenvalue weighted by Gasteiger charge is 2.02. The molecule has 15 heavy (non-hydrogen) atoms. The molecule has 1 aromatic rings. The fourth-order valence-corrected chi connectivity index (χ4v) is 1.23. The minimum atomic E-state index is -0.260. The van der Waals surface area contributed by atoms with Crippen molar-refractivity contribution < 1.29 is 14.3 Å². The first-order valence-corrected chi connectivity index (χ1v) is 5.26. The van der Waals surface area contributed by atoms with E-state index in [4.69, 9.17) is 9.52 Å². The molecule has 4 nitrogen and oxygen atoms in total. The second-order valence-corrected chi connectivity index (χ2v) is 3.85. The van der Waals surface area contributed by atoms with Gasteiger partial charge in [-0.2, -0.15) is 0 Å². The molecule has 0 aromatic carbocycles. The first kappa shape index (κ1) is 12.0. The van der Waals surface area contributed by atoms with Crippen molar-refractivity contribution >= 4 is 27.9 Å². The number of amides is 1. The number of carbonyl (C=O) groups excluding carboxylic acids is 1. The first-order chi connectivity index (χ1) is 7.11. The van der Waals surface area contributed by atoms with Crippen LogP contribution < -0.4 is 5.32 Å². The van der Waals surface area contributed by atoms with Gasteiger partial charge >= 0.3 is 0 Å². The predicted molar refractivity (Wildman–Crippen MR) is 60.1 cm³/mol. The highest BCUT2D eigenvalue weighted by Crippen LogP contribution is 2.14. The maximum absolute atomic E-state index is 11.2. The van der Waals surface area contributed by atoms with E-state index in [0.29, 0.717) is 10.4 Å². The molecule has 0 unspecified atom stereocenters. The van der Waals surface area contributed by atoms with Gasteiger partial charge in [-0.25, -0.2) is 0 Å². The van der Waals surface area contributed by atoms with E-state index in [-0.39, 0.29) is 18.6 Å². The lowest BCUT2D eigenvalue weighted by atomic mass is 10.3. The topological polar surface area (TPSA) is 62.5 Å². The van der Waals surface area contributed by atoms with Crippen LogP contribution in [0.2, 0.25) is 0 Å². The molecule has 0 saturated carbocycles. The number of furan rings is 1. The Balaban J connectivity index is 2.47. The molecule has 1 aromatic heterocycles. The molecule has 0 aliphatic heterocycles. The number of aliphatic hydroxyl groups is 1. The van der Waals surface area contributed by atoms with E-state index < -0.39 is 0 Å². The van der Waals surface area contributed by atoms with Gasteiger partial charge in [0.1, 0.15) is 5.76 Å². The predicted octanol–water partition coefficient (Wildman–Crippen LogP) is 1.55. The summed E-state index contributed by atoms with van der Waals surface area (Å²) in [6, 6.07) is 3.24. The van der Waals surface area contributed by atoms with E-state index in [1.807, 2.05) is 0 Å². The third-order valence-electron chi connectivity index (χ3n) is 1.66. The van der Waals surface area contributed by atoms with Crippen molar-refractivity contribution in [2.45, 2.75) is 13.0 Å². The Morgan fingerprint density at radius 1 is 1.73 bits per heavy atom. The van der Waals surface area contributed by atoms with Crippen molar-refractivity contribution in [3.8, 4) is 0 Å². The maximum Gasteiger partial charge on any atom is 0.244 e. The molecular weight excluding hydrogens is 262 g/mol. The van der Waals surface area contributed by atoms with Gasteiger partial charge in [0, 0.05) is 12.1 Å². The van der Waals surface area contributed by atoms with Crippen molar-refractivity contribution in [2.75, 3.05) is 6.61 Å². The number of rotatable bonds is 4. The van der Waals surface area contributed by atoms with Crippen LogP contribution in [0.3, 0.4) is 0 Å². The molecule has 1 rings (SSSR count). The Morgan fingerprint density at radius 2 is 2.47 bits per heavy atom. The Labute approximate surface area is 96.1 Å². The van der Waals surface area contributed by atoms with Gasteiger partial charge in [0.25, 0.3) is 0 Å². The zero-order chi connectivity index (χ0) is 11.3. The summed E-state index contributed by atoms with van der Waals surface area (Å²) in [5.41, 5.74) is 0. The number of aliphatic hydroxyl groups excluding tert-OH is 1. The van der Waals surface area contributed by atoms with Crippen molar-refractivity contribution in [3.63, 3.8) is 0 Å². The molecular formula is C10H12BrNO3. The van der Waals surface area contributed by atoms with E-state index in [2.05, 4.69) is 21.2 Å². The summed E-state index contributed by atoms with van der Waals surface area (Å²) in [5, 5.41) is 11.3. The van der Waals surface area contributed by atoms with Gasteiger partial charge in [0.15, 0.2) is 4.67 Å². The molecule has 0 fully saturated rings. The molecule has 1 atom stereocenters. The molecule has 0 aliphatic rings. The van der Waals surface area contributed by atoms with Gasteiger partial charge < -0.3 is 14.8 Å². The first-order valence-electron chi connectivity index (χ1n) is 4.46. The third-order valence-corrected chi connectivity index (χ3v) is 2.08. The number of hydrogen-bond donors (Lipinski definition) is 2. The molecule has 1 heterocycles. The van der Waals surface area contributed by atoms with Gasteiger partial charge in [0.05, 0.1) is 6.61 Å². The average Bonchev–Trinajstić information content (AvgIpc) is 2.61. The van der Waals surface area contributed by atoms with Crippen molar-refractivity contribution in [2.24, 2.45) is 0 Å². The Bertz CT molecular complexity index is 359. The fraction of sp³-hybridized carbons (Fsp3) is 0.300. The molecule has 0 bridgehead atoms. The summed E-state index contributed by atoms with van der Waals surface area (Å²) >= 11 is 3.16. The SMILES string of the molecule is C[C@H](CO)NC(=O)C=Cc1ccc(Br)o1. The Kier molecular flexibility index (Phi) is 4.58. The van der Waals surface area contributed by atoms with E-state index in [9.17, 15) is 4.79 Å². The van der Waals surface area contributed by atoms with Crippen LogP contribution in [0.1, 0.15) is 12.7 Å². The van der Waals surface area contributed by atoms with Crippen molar-refractivity contribution in [1.82, 2.24) is 5.32 Å². The van der Waals surface area contributed by atoms with Crippen LogP contribution in [0, 0.1) is 0 Å². The lowest BCUT2D eigenvalue weighted by Gasteiger charge is -2.07. The van der Waals surface area contributed by atoms with Crippen LogP contribution in [0.15, 0.2) is 27.3 Å². The van der Waals surface area contributed by atoms with E-state index in [0.717, 1.165) is 0 Å². The van der Waals surface area contributed by atoms with Gasteiger partial charge in [-0.15, -0.1) is 0 Å². The number of carbonyl (C=O) groups is 1.